The monoisotopic (exact) mass is 262 g/mol. The van der Waals surface area contributed by atoms with Crippen LogP contribution in [0.4, 0.5) is 0 Å². The highest BCUT2D eigenvalue weighted by Gasteiger charge is 2.37. The molecule has 0 aromatic carbocycles. The van der Waals surface area contributed by atoms with Gasteiger partial charge in [-0.25, -0.2) is 0 Å². The molecule has 76 valence electrons. The SMILES string of the molecule is C#CC(Br)CO[Si](C)(C)C(C)(C)C. The van der Waals surface area contributed by atoms with Crippen molar-refractivity contribution in [2.75, 3.05) is 6.61 Å². The highest BCUT2D eigenvalue weighted by molar-refractivity contribution is 9.09. The molecule has 13 heavy (non-hydrogen) atoms. The summed E-state index contributed by atoms with van der Waals surface area (Å²) in [5.41, 5.74) is 0. The lowest BCUT2D eigenvalue weighted by atomic mass is 10.2. The van der Waals surface area contributed by atoms with Crippen molar-refractivity contribution in [3.05, 3.63) is 0 Å². The zero-order chi connectivity index (χ0) is 10.7. The molecule has 1 nitrogen and oxygen atoms in total. The van der Waals surface area contributed by atoms with E-state index in [9.17, 15) is 0 Å². The molecule has 1 atom stereocenters. The average Bonchev–Trinajstić information content (AvgIpc) is 1.98. The maximum Gasteiger partial charge on any atom is 0.192 e. The second-order valence-corrected chi connectivity index (χ2v) is 10.6. The van der Waals surface area contributed by atoms with Gasteiger partial charge in [-0.3, -0.25) is 0 Å². The first-order chi connectivity index (χ1) is 5.70. The minimum absolute atomic E-state index is 0.0432. The summed E-state index contributed by atoms with van der Waals surface area (Å²) in [5, 5.41) is 0.258. The summed E-state index contributed by atoms with van der Waals surface area (Å²) in [7, 11) is -1.61. The molecule has 0 rings (SSSR count). The summed E-state index contributed by atoms with van der Waals surface area (Å²) in [6.45, 7) is 11.7. The van der Waals surface area contributed by atoms with E-state index < -0.39 is 8.32 Å². The maximum atomic E-state index is 5.90. The number of hydrogen-bond acceptors (Lipinski definition) is 1. The predicted molar refractivity (Wildman–Crippen MR) is 64.7 cm³/mol. The van der Waals surface area contributed by atoms with Crippen LogP contribution in [0, 0.1) is 12.3 Å². The molecule has 0 saturated heterocycles. The van der Waals surface area contributed by atoms with Crippen molar-refractivity contribution >= 4 is 24.2 Å². The Morgan fingerprint density at radius 2 is 1.92 bits per heavy atom. The standard InChI is InChI=1S/C10H19BrOSi/c1-7-9(11)8-12-13(5,6)10(2,3)4/h1,9H,8H2,2-6H3. The van der Waals surface area contributed by atoms with Gasteiger partial charge in [-0.2, -0.15) is 0 Å². The Morgan fingerprint density at radius 1 is 1.46 bits per heavy atom. The van der Waals surface area contributed by atoms with Crippen molar-refractivity contribution in [2.45, 2.75) is 43.7 Å². The van der Waals surface area contributed by atoms with Crippen LogP contribution in [0.15, 0.2) is 0 Å². The molecular weight excluding hydrogens is 244 g/mol. The molecule has 3 heteroatoms. The molecule has 0 radical (unpaired) electrons. The Hall–Kier alpha value is 0.217. The summed E-state index contributed by atoms with van der Waals surface area (Å²) in [5.74, 6) is 2.60. The van der Waals surface area contributed by atoms with Crippen LogP contribution in [-0.2, 0) is 4.43 Å². The van der Waals surface area contributed by atoms with Gasteiger partial charge in [0.05, 0.1) is 11.4 Å². The Balaban J connectivity index is 4.14. The maximum absolute atomic E-state index is 5.90. The summed E-state index contributed by atoms with van der Waals surface area (Å²) in [6, 6.07) is 0. The Kier molecular flexibility index (Phi) is 4.71. The first-order valence-electron chi connectivity index (χ1n) is 4.45. The van der Waals surface area contributed by atoms with Gasteiger partial charge in [0.15, 0.2) is 8.32 Å². The molecule has 0 aliphatic carbocycles. The smallest absolute Gasteiger partial charge is 0.192 e. The van der Waals surface area contributed by atoms with Gasteiger partial charge in [-0.15, -0.1) is 6.42 Å². The van der Waals surface area contributed by atoms with Crippen LogP contribution in [0.5, 0.6) is 0 Å². The van der Waals surface area contributed by atoms with E-state index in [4.69, 9.17) is 10.8 Å². The quantitative estimate of drug-likeness (QED) is 0.431. The van der Waals surface area contributed by atoms with Crippen LogP contribution in [0.2, 0.25) is 18.1 Å². The number of halogens is 1. The van der Waals surface area contributed by atoms with E-state index in [0.29, 0.717) is 6.61 Å². The van der Waals surface area contributed by atoms with Crippen LogP contribution in [0.1, 0.15) is 20.8 Å². The van der Waals surface area contributed by atoms with Gasteiger partial charge in [-0.1, -0.05) is 42.6 Å². The molecule has 0 saturated carbocycles. The predicted octanol–water partition coefficient (Wildman–Crippen LogP) is 3.40. The van der Waals surface area contributed by atoms with Crippen LogP contribution < -0.4 is 0 Å². The van der Waals surface area contributed by atoms with E-state index in [1.54, 1.807) is 0 Å². The van der Waals surface area contributed by atoms with Gasteiger partial charge < -0.3 is 4.43 Å². The molecule has 0 fully saturated rings. The van der Waals surface area contributed by atoms with E-state index in [1.807, 2.05) is 0 Å². The topological polar surface area (TPSA) is 9.23 Å². The largest absolute Gasteiger partial charge is 0.415 e. The fourth-order valence-corrected chi connectivity index (χ4v) is 1.94. The molecule has 0 aliphatic rings. The minimum Gasteiger partial charge on any atom is -0.415 e. The van der Waals surface area contributed by atoms with Crippen molar-refractivity contribution in [1.82, 2.24) is 0 Å². The lowest BCUT2D eigenvalue weighted by Crippen LogP contribution is -2.41. The molecule has 0 aromatic rings. The Bertz CT molecular complexity index is 200. The molecule has 0 aromatic heterocycles. The van der Waals surface area contributed by atoms with E-state index in [2.05, 4.69) is 55.7 Å². The Morgan fingerprint density at radius 3 is 2.23 bits per heavy atom. The van der Waals surface area contributed by atoms with Crippen LogP contribution >= 0.6 is 15.9 Å². The summed E-state index contributed by atoms with van der Waals surface area (Å²) < 4.78 is 5.90. The van der Waals surface area contributed by atoms with Gasteiger partial charge in [0.1, 0.15) is 0 Å². The molecule has 0 amide bonds. The lowest BCUT2D eigenvalue weighted by molar-refractivity contribution is 0.301. The van der Waals surface area contributed by atoms with Gasteiger partial charge in [0, 0.05) is 0 Å². The number of terminal acetylenes is 1. The van der Waals surface area contributed by atoms with Crippen LogP contribution in [0.25, 0.3) is 0 Å². The molecule has 1 unspecified atom stereocenters. The fourth-order valence-electron chi connectivity index (χ4n) is 0.546. The van der Waals surface area contributed by atoms with Crippen molar-refractivity contribution in [2.24, 2.45) is 0 Å². The zero-order valence-corrected chi connectivity index (χ0v) is 11.7. The third kappa shape index (κ3) is 4.30. The van der Waals surface area contributed by atoms with Gasteiger partial charge in [0.25, 0.3) is 0 Å². The van der Waals surface area contributed by atoms with E-state index in [-0.39, 0.29) is 9.87 Å². The normalized spacial score (nSPS) is 15.2. The highest BCUT2D eigenvalue weighted by atomic mass is 79.9. The van der Waals surface area contributed by atoms with E-state index in [1.165, 1.54) is 0 Å². The minimum atomic E-state index is -1.61. The van der Waals surface area contributed by atoms with E-state index in [0.717, 1.165) is 0 Å². The summed E-state index contributed by atoms with van der Waals surface area (Å²) in [6.07, 6.45) is 5.25. The van der Waals surface area contributed by atoms with Crippen LogP contribution in [-0.4, -0.2) is 19.8 Å². The Labute approximate surface area is 91.5 Å². The van der Waals surface area contributed by atoms with Gasteiger partial charge in [0.2, 0.25) is 0 Å². The van der Waals surface area contributed by atoms with Crippen molar-refractivity contribution < 1.29 is 4.43 Å². The molecule has 0 heterocycles. The van der Waals surface area contributed by atoms with Gasteiger partial charge >= 0.3 is 0 Å². The van der Waals surface area contributed by atoms with Crippen molar-refractivity contribution in [1.29, 1.82) is 0 Å². The summed E-state index contributed by atoms with van der Waals surface area (Å²) in [4.78, 5) is 0.0432. The molecule has 0 aliphatic heterocycles. The molecule has 0 bridgehead atoms. The lowest BCUT2D eigenvalue weighted by Gasteiger charge is -2.36. The second-order valence-electron chi connectivity index (χ2n) is 4.71. The fraction of sp³-hybridized carbons (Fsp3) is 0.800. The van der Waals surface area contributed by atoms with Crippen molar-refractivity contribution in [3.63, 3.8) is 0 Å². The second kappa shape index (κ2) is 4.63. The molecular formula is C10H19BrOSi. The van der Waals surface area contributed by atoms with Crippen molar-refractivity contribution in [3.8, 4) is 12.3 Å². The van der Waals surface area contributed by atoms with E-state index >= 15 is 0 Å². The average molecular weight is 263 g/mol. The third-order valence-electron chi connectivity index (χ3n) is 2.58. The summed E-state index contributed by atoms with van der Waals surface area (Å²) >= 11 is 3.36. The first kappa shape index (κ1) is 13.2. The number of hydrogen-bond donors (Lipinski definition) is 0. The third-order valence-corrected chi connectivity index (χ3v) is 7.61. The number of alkyl halides is 1. The van der Waals surface area contributed by atoms with Gasteiger partial charge in [-0.05, 0) is 18.1 Å². The zero-order valence-electron chi connectivity index (χ0n) is 9.15. The van der Waals surface area contributed by atoms with Crippen LogP contribution in [0.3, 0.4) is 0 Å². The highest BCUT2D eigenvalue weighted by Crippen LogP contribution is 2.36. The number of rotatable bonds is 3. The first-order valence-corrected chi connectivity index (χ1v) is 8.27. The molecule has 0 spiro atoms. The molecule has 0 N–H and O–H groups in total.